The van der Waals surface area contributed by atoms with Gasteiger partial charge in [-0.2, -0.15) is 0 Å². The molecule has 1 aromatic carbocycles. The van der Waals surface area contributed by atoms with Crippen molar-refractivity contribution in [1.29, 1.82) is 0 Å². The van der Waals surface area contributed by atoms with Crippen LogP contribution in [0.1, 0.15) is 5.69 Å². The Balaban J connectivity index is 1.99. The molecule has 3 nitrogen and oxygen atoms in total. The lowest BCUT2D eigenvalue weighted by Gasteiger charge is -2.02. The second-order valence-electron chi connectivity index (χ2n) is 4.02. The molecule has 0 unspecified atom stereocenters. The average Bonchev–Trinajstić information content (AvgIpc) is 2.93. The molecule has 0 atom stereocenters. The van der Waals surface area contributed by atoms with E-state index in [4.69, 9.17) is 5.73 Å². The molecule has 2 aromatic heterocycles. The van der Waals surface area contributed by atoms with E-state index in [0.29, 0.717) is 6.54 Å². The number of hydrogen-bond donors (Lipinski definition) is 1. The van der Waals surface area contributed by atoms with Gasteiger partial charge in [0, 0.05) is 22.9 Å². The minimum Gasteiger partial charge on any atom is -0.330 e. The summed E-state index contributed by atoms with van der Waals surface area (Å²) in [5, 5.41) is 2.90. The third-order valence-corrected chi connectivity index (χ3v) is 4.48. The summed E-state index contributed by atoms with van der Waals surface area (Å²) in [6, 6.07) is 6.55. The first kappa shape index (κ1) is 12.7. The number of rotatable bonds is 4. The van der Waals surface area contributed by atoms with E-state index in [1.54, 1.807) is 17.4 Å². The van der Waals surface area contributed by atoms with Crippen LogP contribution in [0.2, 0.25) is 0 Å². The Morgan fingerprint density at radius 1 is 1.42 bits per heavy atom. The van der Waals surface area contributed by atoms with Crippen molar-refractivity contribution in [1.82, 2.24) is 9.38 Å². The van der Waals surface area contributed by atoms with E-state index < -0.39 is 0 Å². The van der Waals surface area contributed by atoms with E-state index in [0.717, 1.165) is 27.0 Å². The van der Waals surface area contributed by atoms with Gasteiger partial charge in [0.05, 0.1) is 5.69 Å². The molecule has 0 saturated heterocycles. The Bertz CT molecular complexity index is 705. The van der Waals surface area contributed by atoms with Crippen LogP contribution in [0.25, 0.3) is 4.96 Å². The first-order valence-electron chi connectivity index (χ1n) is 5.86. The number of hydrogen-bond acceptors (Lipinski definition) is 4. The predicted molar refractivity (Wildman–Crippen MR) is 76.4 cm³/mol. The molecular formula is C13H12FN3S2. The third kappa shape index (κ3) is 2.51. The van der Waals surface area contributed by atoms with Gasteiger partial charge in [0.15, 0.2) is 4.96 Å². The quantitative estimate of drug-likeness (QED) is 0.803. The van der Waals surface area contributed by atoms with Crippen molar-refractivity contribution < 1.29 is 4.39 Å². The summed E-state index contributed by atoms with van der Waals surface area (Å²) in [5.74, 6) is -0.230. The van der Waals surface area contributed by atoms with Gasteiger partial charge in [-0.1, -0.05) is 17.8 Å². The minimum atomic E-state index is -0.230. The number of aromatic nitrogens is 2. The van der Waals surface area contributed by atoms with E-state index in [9.17, 15) is 4.39 Å². The van der Waals surface area contributed by atoms with Crippen molar-refractivity contribution in [3.63, 3.8) is 0 Å². The molecule has 2 heterocycles. The van der Waals surface area contributed by atoms with E-state index in [1.165, 1.54) is 23.9 Å². The fourth-order valence-corrected chi connectivity index (χ4v) is 3.68. The van der Waals surface area contributed by atoms with Crippen LogP contribution < -0.4 is 5.73 Å². The number of thiazole rings is 1. The lowest BCUT2D eigenvalue weighted by Crippen LogP contribution is -2.05. The molecule has 0 fully saturated rings. The highest BCUT2D eigenvalue weighted by molar-refractivity contribution is 7.99. The smallest absolute Gasteiger partial charge is 0.194 e. The topological polar surface area (TPSA) is 43.3 Å². The maximum absolute atomic E-state index is 13.2. The summed E-state index contributed by atoms with van der Waals surface area (Å²) in [6.07, 6.45) is 2.75. The van der Waals surface area contributed by atoms with Crippen LogP contribution in [-0.4, -0.2) is 15.9 Å². The maximum atomic E-state index is 13.2. The van der Waals surface area contributed by atoms with E-state index in [1.807, 2.05) is 17.6 Å². The van der Waals surface area contributed by atoms with E-state index in [2.05, 4.69) is 9.38 Å². The number of nitrogens with zero attached hydrogens (tertiary/aromatic N) is 2. The first-order chi connectivity index (χ1) is 9.28. The highest BCUT2D eigenvalue weighted by atomic mass is 32.2. The number of imidazole rings is 1. The fourth-order valence-electron chi connectivity index (χ4n) is 1.90. The molecule has 19 heavy (non-hydrogen) atoms. The largest absolute Gasteiger partial charge is 0.330 e. The first-order valence-corrected chi connectivity index (χ1v) is 7.55. The van der Waals surface area contributed by atoms with Gasteiger partial charge in [0.1, 0.15) is 10.8 Å². The predicted octanol–water partition coefficient (Wildman–Crippen LogP) is 3.19. The van der Waals surface area contributed by atoms with Crippen molar-refractivity contribution >= 4 is 28.1 Å². The summed E-state index contributed by atoms with van der Waals surface area (Å²) in [7, 11) is 0. The second-order valence-corrected chi connectivity index (χ2v) is 5.95. The molecule has 98 valence electrons. The molecule has 0 aliphatic heterocycles. The molecule has 0 amide bonds. The Morgan fingerprint density at radius 3 is 3.11 bits per heavy atom. The Morgan fingerprint density at radius 2 is 2.32 bits per heavy atom. The van der Waals surface area contributed by atoms with Gasteiger partial charge < -0.3 is 5.73 Å². The molecule has 0 saturated carbocycles. The number of halogens is 1. The monoisotopic (exact) mass is 293 g/mol. The van der Waals surface area contributed by atoms with Crippen LogP contribution in [0, 0.1) is 5.82 Å². The molecule has 0 aliphatic carbocycles. The van der Waals surface area contributed by atoms with Crippen LogP contribution >= 0.6 is 23.1 Å². The van der Waals surface area contributed by atoms with Crippen molar-refractivity contribution in [2.45, 2.75) is 16.3 Å². The van der Waals surface area contributed by atoms with Crippen LogP contribution in [0.5, 0.6) is 0 Å². The number of nitrogens with two attached hydrogens (primary N) is 1. The minimum absolute atomic E-state index is 0.230. The van der Waals surface area contributed by atoms with Gasteiger partial charge in [-0.25, -0.2) is 9.37 Å². The molecular weight excluding hydrogens is 281 g/mol. The molecule has 0 aliphatic rings. The highest BCUT2D eigenvalue weighted by Gasteiger charge is 2.13. The van der Waals surface area contributed by atoms with Crippen molar-refractivity contribution in [3.05, 3.63) is 47.4 Å². The molecule has 6 heteroatoms. The van der Waals surface area contributed by atoms with Crippen LogP contribution in [0.3, 0.4) is 0 Å². The zero-order chi connectivity index (χ0) is 13.2. The molecule has 2 N–H and O–H groups in total. The van der Waals surface area contributed by atoms with E-state index >= 15 is 0 Å². The fraction of sp³-hybridized carbons (Fsp3) is 0.154. The summed E-state index contributed by atoms with van der Waals surface area (Å²) < 4.78 is 15.3. The average molecular weight is 293 g/mol. The molecule has 0 bridgehead atoms. The summed E-state index contributed by atoms with van der Waals surface area (Å²) in [4.78, 5) is 6.38. The van der Waals surface area contributed by atoms with Gasteiger partial charge in [-0.15, -0.1) is 11.3 Å². The van der Waals surface area contributed by atoms with Gasteiger partial charge in [0.2, 0.25) is 0 Å². The van der Waals surface area contributed by atoms with Crippen LogP contribution in [0.15, 0.2) is 45.8 Å². The zero-order valence-electron chi connectivity index (χ0n) is 10.0. The van der Waals surface area contributed by atoms with Gasteiger partial charge in [0.25, 0.3) is 0 Å². The van der Waals surface area contributed by atoms with Crippen molar-refractivity contribution in [3.8, 4) is 0 Å². The standard InChI is InChI=1S/C13H12FN3S2/c14-9-2-1-3-10(8-9)19-12-11(4-5-15)17-6-7-18-13(17)16-12/h1-3,6-8H,4-5,15H2. The summed E-state index contributed by atoms with van der Waals surface area (Å²) >= 11 is 3.06. The lowest BCUT2D eigenvalue weighted by atomic mass is 10.3. The van der Waals surface area contributed by atoms with Crippen molar-refractivity contribution in [2.75, 3.05) is 6.54 Å². The maximum Gasteiger partial charge on any atom is 0.194 e. The molecule has 3 aromatic rings. The Labute approximate surface area is 118 Å². The SMILES string of the molecule is NCCc1c(Sc2cccc(F)c2)nc2sccn12. The third-order valence-electron chi connectivity index (χ3n) is 2.72. The summed E-state index contributed by atoms with van der Waals surface area (Å²) in [6.45, 7) is 0.570. The molecule has 3 rings (SSSR count). The Hall–Kier alpha value is -1.37. The van der Waals surface area contributed by atoms with Crippen LogP contribution in [-0.2, 0) is 6.42 Å². The highest BCUT2D eigenvalue weighted by Crippen LogP contribution is 2.32. The lowest BCUT2D eigenvalue weighted by molar-refractivity contribution is 0.624. The van der Waals surface area contributed by atoms with E-state index in [-0.39, 0.29) is 5.82 Å². The zero-order valence-corrected chi connectivity index (χ0v) is 11.7. The van der Waals surface area contributed by atoms with Gasteiger partial charge in [-0.05, 0) is 24.7 Å². The van der Waals surface area contributed by atoms with Crippen molar-refractivity contribution in [2.24, 2.45) is 5.73 Å². The summed E-state index contributed by atoms with van der Waals surface area (Å²) in [5.41, 5.74) is 6.75. The van der Waals surface area contributed by atoms with Gasteiger partial charge in [-0.3, -0.25) is 4.40 Å². The van der Waals surface area contributed by atoms with Crippen LogP contribution in [0.4, 0.5) is 4.39 Å². The molecule has 0 radical (unpaired) electrons. The number of fused-ring (bicyclic) bond motifs is 1. The second kappa shape index (κ2) is 5.32. The Kier molecular flexibility index (Phi) is 3.54. The normalized spacial score (nSPS) is 11.3. The molecule has 0 spiro atoms. The number of benzene rings is 1. The van der Waals surface area contributed by atoms with Gasteiger partial charge >= 0.3 is 0 Å².